The molecule has 2 atom stereocenters. The molecular weight excluding hydrogens is 206 g/mol. The van der Waals surface area contributed by atoms with E-state index < -0.39 is 0 Å². The lowest BCUT2D eigenvalue weighted by Crippen LogP contribution is -2.66. The zero-order valence-electron chi connectivity index (χ0n) is 10.3. The Kier molecular flexibility index (Phi) is 4.19. The van der Waals surface area contributed by atoms with Gasteiger partial charge in [0.05, 0.1) is 19.3 Å². The van der Waals surface area contributed by atoms with Crippen molar-refractivity contribution in [3.05, 3.63) is 0 Å². The highest BCUT2D eigenvalue weighted by Crippen LogP contribution is 2.57. The molecule has 0 saturated heterocycles. The third-order valence-electron chi connectivity index (χ3n) is 4.05. The van der Waals surface area contributed by atoms with E-state index in [2.05, 4.69) is 12.4 Å². The highest BCUT2D eigenvalue weighted by molar-refractivity contribution is 5.11. The molecule has 0 aliphatic heterocycles. The molecule has 4 nitrogen and oxygen atoms in total. The van der Waals surface area contributed by atoms with Crippen LogP contribution in [0.3, 0.4) is 0 Å². The van der Waals surface area contributed by atoms with Crippen molar-refractivity contribution in [1.82, 2.24) is 5.48 Å². The van der Waals surface area contributed by atoms with Crippen LogP contribution in [-0.2, 0) is 14.3 Å². The molecule has 0 amide bonds. The Labute approximate surface area is 97.6 Å². The summed E-state index contributed by atoms with van der Waals surface area (Å²) in [6.45, 7) is 4.15. The van der Waals surface area contributed by atoms with Gasteiger partial charge in [-0.2, -0.15) is 5.48 Å². The first-order valence-electron chi connectivity index (χ1n) is 6.31. The van der Waals surface area contributed by atoms with Crippen molar-refractivity contribution in [1.29, 1.82) is 0 Å². The van der Waals surface area contributed by atoms with E-state index in [0.717, 1.165) is 13.0 Å². The lowest BCUT2D eigenvalue weighted by Gasteiger charge is -2.60. The molecule has 1 spiro atoms. The topological polar surface area (TPSA) is 39.7 Å². The lowest BCUT2D eigenvalue weighted by atomic mass is 9.51. The quantitative estimate of drug-likeness (QED) is 0.530. The SMILES string of the molecule is CCOC1CC(NOCCOC)C12CCC2. The molecular formula is C12H23NO3. The summed E-state index contributed by atoms with van der Waals surface area (Å²) in [5.41, 5.74) is 3.55. The second-order valence-corrected chi connectivity index (χ2v) is 4.78. The normalized spacial score (nSPS) is 31.1. The van der Waals surface area contributed by atoms with Crippen LogP contribution in [0.15, 0.2) is 0 Å². The summed E-state index contributed by atoms with van der Waals surface area (Å²) in [5.74, 6) is 0. The third-order valence-corrected chi connectivity index (χ3v) is 4.05. The average molecular weight is 229 g/mol. The average Bonchev–Trinajstić information content (AvgIpc) is 2.18. The summed E-state index contributed by atoms with van der Waals surface area (Å²) in [7, 11) is 1.69. The van der Waals surface area contributed by atoms with E-state index in [1.54, 1.807) is 7.11 Å². The number of rotatable bonds is 7. The fraction of sp³-hybridized carbons (Fsp3) is 1.00. The molecule has 0 aromatic carbocycles. The molecule has 94 valence electrons. The van der Waals surface area contributed by atoms with Gasteiger partial charge in [-0.05, 0) is 26.2 Å². The molecule has 0 heterocycles. The minimum absolute atomic E-state index is 0.378. The van der Waals surface area contributed by atoms with Crippen molar-refractivity contribution < 1.29 is 14.3 Å². The molecule has 0 aromatic rings. The second kappa shape index (κ2) is 5.45. The molecule has 0 aromatic heterocycles. The van der Waals surface area contributed by atoms with Gasteiger partial charge in [0.15, 0.2) is 0 Å². The van der Waals surface area contributed by atoms with E-state index in [9.17, 15) is 0 Å². The van der Waals surface area contributed by atoms with Crippen LogP contribution in [0.1, 0.15) is 32.6 Å². The van der Waals surface area contributed by atoms with Crippen molar-refractivity contribution in [2.45, 2.75) is 44.8 Å². The molecule has 1 N–H and O–H groups in total. The fourth-order valence-electron chi connectivity index (χ4n) is 2.89. The summed E-state index contributed by atoms with van der Waals surface area (Å²) >= 11 is 0. The van der Waals surface area contributed by atoms with Crippen molar-refractivity contribution >= 4 is 0 Å². The first-order valence-corrected chi connectivity index (χ1v) is 6.31. The Hall–Kier alpha value is -0.160. The van der Waals surface area contributed by atoms with Crippen molar-refractivity contribution in [3.8, 4) is 0 Å². The van der Waals surface area contributed by atoms with Crippen molar-refractivity contribution in [3.63, 3.8) is 0 Å². The predicted octanol–water partition coefficient (Wildman–Crippen LogP) is 1.50. The Morgan fingerprint density at radius 2 is 2.12 bits per heavy atom. The fourth-order valence-corrected chi connectivity index (χ4v) is 2.89. The van der Waals surface area contributed by atoms with Crippen LogP contribution in [0, 0.1) is 5.41 Å². The van der Waals surface area contributed by atoms with Crippen LogP contribution >= 0.6 is 0 Å². The van der Waals surface area contributed by atoms with E-state index in [1.165, 1.54) is 19.3 Å². The maximum atomic E-state index is 5.77. The van der Waals surface area contributed by atoms with Gasteiger partial charge >= 0.3 is 0 Å². The largest absolute Gasteiger partial charge is 0.382 e. The maximum absolute atomic E-state index is 5.77. The summed E-state index contributed by atoms with van der Waals surface area (Å²) in [4.78, 5) is 5.41. The Balaban J connectivity index is 1.71. The number of hydrogen-bond acceptors (Lipinski definition) is 4. The monoisotopic (exact) mass is 229 g/mol. The van der Waals surface area contributed by atoms with Crippen molar-refractivity contribution in [2.24, 2.45) is 5.41 Å². The van der Waals surface area contributed by atoms with Crippen LogP contribution in [0.2, 0.25) is 0 Å². The zero-order valence-corrected chi connectivity index (χ0v) is 10.3. The molecule has 0 bridgehead atoms. The number of methoxy groups -OCH3 is 1. The molecule has 0 radical (unpaired) electrons. The highest BCUT2D eigenvalue weighted by Gasteiger charge is 2.59. The van der Waals surface area contributed by atoms with Gasteiger partial charge in [-0.3, -0.25) is 4.84 Å². The van der Waals surface area contributed by atoms with E-state index in [0.29, 0.717) is 30.8 Å². The summed E-state index contributed by atoms with van der Waals surface area (Å²) in [6.07, 6.45) is 5.43. The second-order valence-electron chi connectivity index (χ2n) is 4.78. The first-order chi connectivity index (χ1) is 7.83. The van der Waals surface area contributed by atoms with E-state index in [4.69, 9.17) is 14.3 Å². The standard InChI is InChI=1S/C12H23NO3/c1-3-15-11-9-10(12(11)5-4-6-12)13-16-8-7-14-2/h10-11,13H,3-9H2,1-2H3. The van der Waals surface area contributed by atoms with Crippen LogP contribution < -0.4 is 5.48 Å². The van der Waals surface area contributed by atoms with Gasteiger partial charge in [0.25, 0.3) is 0 Å². The Morgan fingerprint density at radius 3 is 2.69 bits per heavy atom. The van der Waals surface area contributed by atoms with Crippen molar-refractivity contribution in [2.75, 3.05) is 26.9 Å². The van der Waals surface area contributed by atoms with Gasteiger partial charge in [0.2, 0.25) is 0 Å². The molecule has 2 aliphatic rings. The van der Waals surface area contributed by atoms with Crippen LogP contribution in [0.25, 0.3) is 0 Å². The van der Waals surface area contributed by atoms with Crippen LogP contribution in [0.4, 0.5) is 0 Å². The predicted molar refractivity (Wildman–Crippen MR) is 61.1 cm³/mol. The number of hydroxylamine groups is 1. The van der Waals surface area contributed by atoms with Gasteiger partial charge in [-0.25, -0.2) is 0 Å². The van der Waals surface area contributed by atoms with Gasteiger partial charge in [-0.15, -0.1) is 0 Å². The van der Waals surface area contributed by atoms with E-state index in [1.807, 2.05) is 0 Å². The van der Waals surface area contributed by atoms with Gasteiger partial charge in [0.1, 0.15) is 0 Å². The molecule has 2 fully saturated rings. The zero-order chi connectivity index (χ0) is 11.4. The number of hydrogen-bond donors (Lipinski definition) is 1. The number of ether oxygens (including phenoxy) is 2. The van der Waals surface area contributed by atoms with Gasteiger partial charge < -0.3 is 9.47 Å². The molecule has 2 saturated carbocycles. The first kappa shape index (κ1) is 12.3. The van der Waals surface area contributed by atoms with Gasteiger partial charge in [0, 0.05) is 25.2 Å². The summed E-state index contributed by atoms with van der Waals surface area (Å²) in [6, 6.07) is 0.481. The third kappa shape index (κ3) is 2.12. The van der Waals surface area contributed by atoms with Crippen LogP contribution in [-0.4, -0.2) is 39.1 Å². The van der Waals surface area contributed by atoms with Gasteiger partial charge in [-0.1, -0.05) is 6.42 Å². The molecule has 4 heteroatoms. The Bertz CT molecular complexity index is 218. The lowest BCUT2D eigenvalue weighted by molar-refractivity contribution is -0.204. The van der Waals surface area contributed by atoms with Crippen LogP contribution in [0.5, 0.6) is 0 Å². The van der Waals surface area contributed by atoms with E-state index >= 15 is 0 Å². The Morgan fingerprint density at radius 1 is 1.31 bits per heavy atom. The maximum Gasteiger partial charge on any atom is 0.0915 e. The summed E-state index contributed by atoms with van der Waals surface area (Å²) in [5, 5.41) is 0. The summed E-state index contributed by atoms with van der Waals surface area (Å²) < 4.78 is 10.7. The molecule has 16 heavy (non-hydrogen) atoms. The number of nitrogens with one attached hydrogen (secondary N) is 1. The van der Waals surface area contributed by atoms with E-state index in [-0.39, 0.29) is 0 Å². The minimum atomic E-state index is 0.378. The molecule has 2 aliphatic carbocycles. The highest BCUT2D eigenvalue weighted by atomic mass is 16.7. The minimum Gasteiger partial charge on any atom is -0.382 e. The molecule has 2 unspecified atom stereocenters. The molecule has 2 rings (SSSR count). The smallest absolute Gasteiger partial charge is 0.0915 e.